The van der Waals surface area contributed by atoms with Crippen molar-refractivity contribution >= 4 is 21.5 Å². The van der Waals surface area contributed by atoms with Crippen molar-refractivity contribution in [2.75, 3.05) is 10.0 Å². The average Bonchev–Trinajstić information content (AvgIpc) is 3.25. The van der Waals surface area contributed by atoms with Crippen LogP contribution < -0.4 is 10.0 Å². The van der Waals surface area contributed by atoms with Crippen molar-refractivity contribution in [1.29, 1.82) is 0 Å². The van der Waals surface area contributed by atoms with Gasteiger partial charge in [0.05, 0.1) is 16.8 Å². The van der Waals surface area contributed by atoms with Crippen LogP contribution in [0.25, 0.3) is 0 Å². The van der Waals surface area contributed by atoms with Gasteiger partial charge in [-0.15, -0.1) is 0 Å². The maximum absolute atomic E-state index is 12.3. The molecule has 2 N–H and O–H groups in total. The molecule has 1 aromatic heterocycles. The van der Waals surface area contributed by atoms with E-state index in [1.165, 1.54) is 12.8 Å². The quantitative estimate of drug-likeness (QED) is 0.891. The van der Waals surface area contributed by atoms with E-state index in [0.717, 1.165) is 11.3 Å². The van der Waals surface area contributed by atoms with E-state index in [4.69, 9.17) is 0 Å². The highest BCUT2D eigenvalue weighted by molar-refractivity contribution is 7.92. The predicted molar refractivity (Wildman–Crippen MR) is 82.9 cm³/mol. The molecule has 0 bridgehead atoms. The summed E-state index contributed by atoms with van der Waals surface area (Å²) in [6, 6.07) is 10.8. The van der Waals surface area contributed by atoms with Crippen LogP contribution in [-0.2, 0) is 10.0 Å². The molecular weight excluding hydrogens is 286 g/mol. The number of rotatable bonds is 5. The fraction of sp³-hybridized carbons (Fsp3) is 0.267. The lowest BCUT2D eigenvalue weighted by Crippen LogP contribution is -2.14. The van der Waals surface area contributed by atoms with E-state index in [2.05, 4.69) is 15.0 Å². The number of hydrogen-bond acceptors (Lipinski definition) is 4. The summed E-state index contributed by atoms with van der Waals surface area (Å²) >= 11 is 0. The summed E-state index contributed by atoms with van der Waals surface area (Å²) in [5, 5.41) is 3.31. The summed E-state index contributed by atoms with van der Waals surface area (Å²) in [4.78, 5) is 4.38. The summed E-state index contributed by atoms with van der Waals surface area (Å²) in [6.07, 6.45) is 4.01. The van der Waals surface area contributed by atoms with Crippen LogP contribution in [0, 0.1) is 6.92 Å². The molecule has 0 saturated heterocycles. The molecule has 6 heteroatoms. The molecule has 0 atom stereocenters. The molecule has 0 amide bonds. The molecule has 1 aliphatic rings. The van der Waals surface area contributed by atoms with Crippen molar-refractivity contribution < 1.29 is 8.42 Å². The molecule has 1 heterocycles. The highest BCUT2D eigenvalue weighted by Crippen LogP contribution is 2.25. The summed E-state index contributed by atoms with van der Waals surface area (Å²) in [7, 11) is -3.59. The van der Waals surface area contributed by atoms with Gasteiger partial charge in [-0.25, -0.2) is 13.4 Å². The Morgan fingerprint density at radius 1 is 1.19 bits per heavy atom. The van der Waals surface area contributed by atoms with Crippen LogP contribution in [0.15, 0.2) is 47.5 Å². The molecule has 1 fully saturated rings. The maximum Gasteiger partial charge on any atom is 0.263 e. The smallest absolute Gasteiger partial charge is 0.263 e. The summed E-state index contributed by atoms with van der Waals surface area (Å²) in [5.41, 5.74) is 1.81. The summed E-state index contributed by atoms with van der Waals surface area (Å²) in [5.74, 6) is 0.317. The number of aromatic nitrogens is 1. The van der Waals surface area contributed by atoms with Crippen molar-refractivity contribution in [3.8, 4) is 0 Å². The second-order valence-electron chi connectivity index (χ2n) is 5.27. The average molecular weight is 303 g/mol. The fourth-order valence-corrected chi connectivity index (χ4v) is 3.09. The molecule has 110 valence electrons. The van der Waals surface area contributed by atoms with Crippen molar-refractivity contribution in [3.05, 3.63) is 48.2 Å². The Labute approximate surface area is 124 Å². The third-order valence-corrected chi connectivity index (χ3v) is 4.60. The van der Waals surface area contributed by atoms with Gasteiger partial charge in [0.1, 0.15) is 5.82 Å². The number of aryl methyl sites for hydroxylation is 1. The van der Waals surface area contributed by atoms with Crippen LogP contribution in [0.2, 0.25) is 0 Å². The first kappa shape index (κ1) is 13.9. The first-order chi connectivity index (χ1) is 10.0. The van der Waals surface area contributed by atoms with Crippen LogP contribution in [-0.4, -0.2) is 19.4 Å². The van der Waals surface area contributed by atoms with E-state index in [-0.39, 0.29) is 4.90 Å². The van der Waals surface area contributed by atoms with Gasteiger partial charge in [0.15, 0.2) is 0 Å². The van der Waals surface area contributed by atoms with Gasteiger partial charge in [-0.1, -0.05) is 12.1 Å². The Morgan fingerprint density at radius 2 is 2.00 bits per heavy atom. The topological polar surface area (TPSA) is 71.1 Å². The van der Waals surface area contributed by atoms with Crippen LogP contribution in [0.5, 0.6) is 0 Å². The Morgan fingerprint density at radius 3 is 2.62 bits per heavy atom. The van der Waals surface area contributed by atoms with E-state index in [1.54, 1.807) is 30.5 Å². The van der Waals surface area contributed by atoms with Crippen molar-refractivity contribution in [1.82, 2.24) is 4.98 Å². The number of pyridine rings is 1. The van der Waals surface area contributed by atoms with E-state index in [9.17, 15) is 8.42 Å². The molecule has 1 aliphatic carbocycles. The molecule has 2 aromatic rings. The zero-order valence-electron chi connectivity index (χ0n) is 11.7. The lowest BCUT2D eigenvalue weighted by Gasteiger charge is -2.09. The van der Waals surface area contributed by atoms with Gasteiger partial charge in [-0.3, -0.25) is 4.72 Å². The zero-order valence-corrected chi connectivity index (χ0v) is 12.5. The highest BCUT2D eigenvalue weighted by atomic mass is 32.2. The minimum Gasteiger partial charge on any atom is -0.381 e. The molecule has 0 aliphatic heterocycles. The molecule has 0 spiro atoms. The van der Waals surface area contributed by atoms with Gasteiger partial charge in [0, 0.05) is 6.04 Å². The number of benzene rings is 1. The number of sulfonamides is 1. The monoisotopic (exact) mass is 303 g/mol. The second-order valence-corrected chi connectivity index (χ2v) is 6.96. The predicted octanol–water partition coefficient (Wildman–Crippen LogP) is 2.77. The highest BCUT2D eigenvalue weighted by Gasteiger charge is 2.21. The first-order valence-electron chi connectivity index (χ1n) is 6.85. The number of nitrogens with one attached hydrogen (secondary N) is 2. The van der Waals surface area contributed by atoms with E-state index < -0.39 is 10.0 Å². The Balaban J connectivity index is 1.75. The second kappa shape index (κ2) is 5.37. The molecule has 3 rings (SSSR count). The molecule has 1 saturated carbocycles. The van der Waals surface area contributed by atoms with Gasteiger partial charge in [0.2, 0.25) is 0 Å². The van der Waals surface area contributed by atoms with Crippen LogP contribution in [0.1, 0.15) is 18.4 Å². The molecule has 5 nitrogen and oxygen atoms in total. The van der Waals surface area contributed by atoms with Crippen molar-refractivity contribution in [2.24, 2.45) is 0 Å². The Hall–Kier alpha value is -2.08. The largest absolute Gasteiger partial charge is 0.381 e. The van der Waals surface area contributed by atoms with Gasteiger partial charge >= 0.3 is 0 Å². The van der Waals surface area contributed by atoms with Gasteiger partial charge in [-0.2, -0.15) is 0 Å². The standard InChI is InChI=1S/C15H17N3O2S/c1-11-3-2-4-14(9-11)21(19,20)18-15-8-7-13(10-16-15)17-12-5-6-12/h2-4,7-10,12,17H,5-6H2,1H3,(H,16,18). The summed E-state index contributed by atoms with van der Waals surface area (Å²) < 4.78 is 27.0. The van der Waals surface area contributed by atoms with Crippen LogP contribution in [0.3, 0.4) is 0 Å². The SMILES string of the molecule is Cc1cccc(S(=O)(=O)Nc2ccc(NC3CC3)cn2)c1. The molecule has 21 heavy (non-hydrogen) atoms. The summed E-state index contributed by atoms with van der Waals surface area (Å²) in [6.45, 7) is 1.86. The Bertz CT molecular complexity index is 738. The van der Waals surface area contributed by atoms with Gasteiger partial charge < -0.3 is 5.32 Å². The first-order valence-corrected chi connectivity index (χ1v) is 8.33. The van der Waals surface area contributed by atoms with Crippen molar-refractivity contribution in [3.63, 3.8) is 0 Å². The third-order valence-electron chi connectivity index (χ3n) is 3.25. The van der Waals surface area contributed by atoms with E-state index in [0.29, 0.717) is 11.9 Å². The number of hydrogen-bond donors (Lipinski definition) is 2. The molecule has 0 radical (unpaired) electrons. The molecule has 0 unspecified atom stereocenters. The molecular formula is C15H17N3O2S. The van der Waals surface area contributed by atoms with Crippen molar-refractivity contribution in [2.45, 2.75) is 30.7 Å². The van der Waals surface area contributed by atoms with Crippen LogP contribution in [0.4, 0.5) is 11.5 Å². The van der Waals surface area contributed by atoms with Crippen LogP contribution >= 0.6 is 0 Å². The fourth-order valence-electron chi connectivity index (χ4n) is 1.98. The van der Waals surface area contributed by atoms with Gasteiger partial charge in [0.25, 0.3) is 10.0 Å². The lowest BCUT2D eigenvalue weighted by atomic mass is 10.2. The number of anilines is 2. The Kier molecular flexibility index (Phi) is 3.55. The minimum absolute atomic E-state index is 0.240. The van der Waals surface area contributed by atoms with E-state index >= 15 is 0 Å². The minimum atomic E-state index is -3.59. The zero-order chi connectivity index (χ0) is 14.9. The van der Waals surface area contributed by atoms with E-state index in [1.807, 2.05) is 19.1 Å². The third kappa shape index (κ3) is 3.52. The normalized spacial score (nSPS) is 14.7. The number of nitrogens with zero attached hydrogens (tertiary/aromatic N) is 1. The van der Waals surface area contributed by atoms with Gasteiger partial charge in [-0.05, 0) is 49.6 Å². The molecule has 1 aromatic carbocycles. The lowest BCUT2D eigenvalue weighted by molar-refractivity contribution is 0.601. The maximum atomic E-state index is 12.3.